The van der Waals surface area contributed by atoms with E-state index in [1.807, 2.05) is 12.1 Å². The topological polar surface area (TPSA) is 55.7 Å². The molecule has 146 valence electrons. The van der Waals surface area contributed by atoms with E-state index in [0.717, 1.165) is 65.9 Å². The molecule has 0 fully saturated rings. The fraction of sp³-hybridized carbons (Fsp3) is 0.280. The second-order valence-corrected chi connectivity index (χ2v) is 7.53. The Balaban J connectivity index is 1.85. The van der Waals surface area contributed by atoms with Crippen LogP contribution in [0, 0.1) is 18.3 Å². The number of rotatable bonds is 7. The Kier molecular flexibility index (Phi) is 5.48. The van der Waals surface area contributed by atoms with E-state index in [1.165, 1.54) is 11.1 Å². The van der Waals surface area contributed by atoms with Crippen LogP contribution in [0.2, 0.25) is 0 Å². The number of H-pyrrole nitrogens is 1. The summed E-state index contributed by atoms with van der Waals surface area (Å²) in [5, 5.41) is 13.6. The normalized spacial score (nSPS) is 11.1. The maximum absolute atomic E-state index is 9.90. The molecule has 0 unspecified atom stereocenters. The van der Waals surface area contributed by atoms with E-state index < -0.39 is 0 Å². The Morgan fingerprint density at radius 3 is 2.55 bits per heavy atom. The third kappa shape index (κ3) is 3.56. The number of anilines is 1. The lowest BCUT2D eigenvalue weighted by Gasteiger charge is -2.14. The zero-order chi connectivity index (χ0) is 20.2. The maximum atomic E-state index is 9.90. The number of imidazole rings is 1. The van der Waals surface area contributed by atoms with Crippen LogP contribution in [0.3, 0.4) is 0 Å². The van der Waals surface area contributed by atoms with Crippen molar-refractivity contribution in [2.45, 2.75) is 39.5 Å². The molecule has 29 heavy (non-hydrogen) atoms. The number of hydrogen-bond acceptors (Lipinski definition) is 2. The zero-order valence-corrected chi connectivity index (χ0v) is 17.1. The van der Waals surface area contributed by atoms with E-state index in [0.29, 0.717) is 0 Å². The molecular weight excluding hydrogens is 356 g/mol. The monoisotopic (exact) mass is 383 g/mol. The number of pyridine rings is 1. The van der Waals surface area contributed by atoms with Gasteiger partial charge in [0.25, 0.3) is 0 Å². The summed E-state index contributed by atoms with van der Waals surface area (Å²) in [5.41, 5.74) is 7.39. The van der Waals surface area contributed by atoms with E-state index in [2.05, 4.69) is 77.1 Å². The molecule has 0 aliphatic rings. The first kappa shape index (κ1) is 19.0. The van der Waals surface area contributed by atoms with Crippen molar-refractivity contribution in [3.63, 3.8) is 0 Å². The third-order valence-electron chi connectivity index (χ3n) is 5.64. The van der Waals surface area contributed by atoms with Gasteiger partial charge in [-0.1, -0.05) is 55.8 Å². The van der Waals surface area contributed by atoms with Gasteiger partial charge in [0.2, 0.25) is 11.5 Å². The van der Waals surface area contributed by atoms with Gasteiger partial charge in [-0.25, -0.2) is 0 Å². The molecule has 0 saturated carbocycles. The minimum Gasteiger partial charge on any atom is -0.305 e. The SMILES string of the molecule is CCCCc1c(C)c(C#N)c2[nH]c3ccccc3[n+]2c1NCCc1ccccc1. The molecule has 0 bridgehead atoms. The fourth-order valence-corrected chi connectivity index (χ4v) is 4.08. The molecule has 0 aliphatic carbocycles. The van der Waals surface area contributed by atoms with E-state index >= 15 is 0 Å². The highest BCUT2D eigenvalue weighted by Gasteiger charge is 2.25. The standard InChI is InChI=1S/C25H26N4/c1-3-4-12-20-18(2)21(17-26)25-28-22-13-8-9-14-23(22)29(25)24(20)27-16-15-19-10-6-5-7-11-19/h5-11,13-14H,3-4,12,15-16H2,1-2H3,(H,27,28)/p+1. The summed E-state index contributed by atoms with van der Waals surface area (Å²) in [4.78, 5) is 3.47. The summed E-state index contributed by atoms with van der Waals surface area (Å²) < 4.78 is 2.21. The molecule has 0 atom stereocenters. The van der Waals surface area contributed by atoms with E-state index in [9.17, 15) is 5.26 Å². The zero-order valence-electron chi connectivity index (χ0n) is 17.1. The van der Waals surface area contributed by atoms with Gasteiger partial charge in [-0.15, -0.1) is 0 Å². The molecule has 2 heterocycles. The van der Waals surface area contributed by atoms with Crippen molar-refractivity contribution in [3.8, 4) is 6.07 Å². The van der Waals surface area contributed by atoms with Crippen LogP contribution in [-0.2, 0) is 12.8 Å². The van der Waals surface area contributed by atoms with Gasteiger partial charge in [0.1, 0.15) is 22.7 Å². The van der Waals surface area contributed by atoms with E-state index in [1.54, 1.807) is 0 Å². The van der Waals surface area contributed by atoms with Gasteiger partial charge < -0.3 is 5.32 Å². The molecule has 2 aromatic heterocycles. The molecule has 0 aliphatic heterocycles. The summed E-state index contributed by atoms with van der Waals surface area (Å²) in [6.07, 6.45) is 4.15. The van der Waals surface area contributed by atoms with Crippen molar-refractivity contribution in [1.29, 1.82) is 5.26 Å². The lowest BCUT2D eigenvalue weighted by atomic mass is 9.99. The van der Waals surface area contributed by atoms with Crippen LogP contribution in [-0.4, -0.2) is 11.5 Å². The summed E-state index contributed by atoms with van der Waals surface area (Å²) in [6, 6.07) is 21.2. The first-order chi connectivity index (χ1) is 14.2. The molecule has 0 spiro atoms. The molecule has 4 rings (SSSR count). The summed E-state index contributed by atoms with van der Waals surface area (Å²) in [7, 11) is 0. The molecule has 0 radical (unpaired) electrons. The predicted octanol–water partition coefficient (Wildman–Crippen LogP) is 5.08. The number of fused-ring (bicyclic) bond motifs is 3. The Hall–Kier alpha value is -3.32. The van der Waals surface area contributed by atoms with Crippen LogP contribution in [0.5, 0.6) is 0 Å². The van der Waals surface area contributed by atoms with Crippen molar-refractivity contribution >= 4 is 22.5 Å². The number of benzene rings is 2. The van der Waals surface area contributed by atoms with Crippen LogP contribution < -0.4 is 9.72 Å². The van der Waals surface area contributed by atoms with Crippen LogP contribution in [0.4, 0.5) is 5.82 Å². The molecular formula is C25H27N4+. The molecule has 4 nitrogen and oxygen atoms in total. The summed E-state index contributed by atoms with van der Waals surface area (Å²) >= 11 is 0. The van der Waals surface area contributed by atoms with Gasteiger partial charge in [-0.3, -0.25) is 4.98 Å². The molecule has 0 amide bonds. The molecule has 2 N–H and O–H groups in total. The minimum atomic E-state index is 0.737. The van der Waals surface area contributed by atoms with Crippen LogP contribution in [0.25, 0.3) is 16.7 Å². The van der Waals surface area contributed by atoms with Crippen molar-refractivity contribution in [2.75, 3.05) is 11.9 Å². The number of nitrogens with zero attached hydrogens (tertiary/aromatic N) is 2. The first-order valence-electron chi connectivity index (χ1n) is 10.4. The highest BCUT2D eigenvalue weighted by atomic mass is 15.1. The van der Waals surface area contributed by atoms with E-state index in [4.69, 9.17) is 0 Å². The molecule has 4 aromatic rings. The largest absolute Gasteiger partial charge is 0.305 e. The molecule has 2 aromatic carbocycles. The predicted molar refractivity (Wildman–Crippen MR) is 118 cm³/mol. The number of para-hydroxylation sites is 2. The van der Waals surface area contributed by atoms with Crippen molar-refractivity contribution in [2.24, 2.45) is 0 Å². The van der Waals surface area contributed by atoms with Crippen molar-refractivity contribution in [3.05, 3.63) is 76.9 Å². The first-order valence-corrected chi connectivity index (χ1v) is 10.4. The van der Waals surface area contributed by atoms with Gasteiger partial charge in [0.15, 0.2) is 0 Å². The summed E-state index contributed by atoms with van der Waals surface area (Å²) in [5.74, 6) is 1.11. The van der Waals surface area contributed by atoms with Crippen molar-refractivity contribution < 1.29 is 4.40 Å². The number of nitrogens with one attached hydrogen (secondary N) is 2. The number of unbranched alkanes of at least 4 members (excludes halogenated alkanes) is 1. The van der Waals surface area contributed by atoms with Crippen LogP contribution in [0.1, 0.15) is 42.0 Å². The average molecular weight is 384 g/mol. The van der Waals surface area contributed by atoms with Crippen molar-refractivity contribution in [1.82, 2.24) is 4.98 Å². The van der Waals surface area contributed by atoms with Gasteiger partial charge in [0.05, 0.1) is 6.54 Å². The van der Waals surface area contributed by atoms with Gasteiger partial charge in [-0.05, 0) is 43.0 Å². The Morgan fingerprint density at radius 2 is 1.79 bits per heavy atom. The lowest BCUT2D eigenvalue weighted by Crippen LogP contribution is -2.30. The maximum Gasteiger partial charge on any atom is 0.250 e. The quantitative estimate of drug-likeness (QED) is 0.437. The van der Waals surface area contributed by atoms with Crippen LogP contribution >= 0.6 is 0 Å². The van der Waals surface area contributed by atoms with Gasteiger partial charge >= 0.3 is 0 Å². The summed E-state index contributed by atoms with van der Waals surface area (Å²) in [6.45, 7) is 5.13. The number of aromatic nitrogens is 2. The van der Waals surface area contributed by atoms with Crippen LogP contribution in [0.15, 0.2) is 54.6 Å². The highest BCUT2D eigenvalue weighted by Crippen LogP contribution is 2.26. The lowest BCUT2D eigenvalue weighted by molar-refractivity contribution is -0.465. The minimum absolute atomic E-state index is 0.737. The number of aromatic amines is 1. The molecule has 4 heteroatoms. The fourth-order valence-electron chi connectivity index (χ4n) is 4.08. The Labute approximate surface area is 171 Å². The van der Waals surface area contributed by atoms with Gasteiger partial charge in [0, 0.05) is 12.0 Å². The van der Waals surface area contributed by atoms with E-state index in [-0.39, 0.29) is 0 Å². The second kappa shape index (κ2) is 8.36. The smallest absolute Gasteiger partial charge is 0.250 e. The highest BCUT2D eigenvalue weighted by molar-refractivity contribution is 5.78. The van der Waals surface area contributed by atoms with Gasteiger partial charge in [-0.2, -0.15) is 9.66 Å². The number of nitriles is 1. The average Bonchev–Trinajstić information content (AvgIpc) is 3.13. The second-order valence-electron chi connectivity index (χ2n) is 7.53. The third-order valence-corrected chi connectivity index (χ3v) is 5.64. The Morgan fingerprint density at radius 1 is 1.03 bits per heavy atom. The number of hydrogen-bond donors (Lipinski definition) is 2. The Bertz CT molecular complexity index is 1180. The molecule has 0 saturated heterocycles.